The highest BCUT2D eigenvalue weighted by atomic mass is 14.6. The van der Waals surface area contributed by atoms with Gasteiger partial charge in [0.15, 0.2) is 0 Å². The SMILES string of the molecule is Cc1ccc(C(C)CC(CN)CN)c(C)c1. The molecule has 16 heavy (non-hydrogen) atoms. The molecule has 90 valence electrons. The second kappa shape index (κ2) is 6.02. The molecule has 0 saturated heterocycles. The van der Waals surface area contributed by atoms with E-state index >= 15 is 0 Å². The first-order valence-corrected chi connectivity index (χ1v) is 6.05. The van der Waals surface area contributed by atoms with Gasteiger partial charge in [0, 0.05) is 0 Å². The molecule has 0 amide bonds. The Morgan fingerprint density at radius 3 is 2.25 bits per heavy atom. The van der Waals surface area contributed by atoms with E-state index in [1.807, 2.05) is 0 Å². The fourth-order valence-electron chi connectivity index (χ4n) is 2.29. The molecule has 2 nitrogen and oxygen atoms in total. The third-order valence-corrected chi connectivity index (χ3v) is 3.31. The van der Waals surface area contributed by atoms with Gasteiger partial charge in [-0.15, -0.1) is 0 Å². The van der Waals surface area contributed by atoms with Crippen LogP contribution in [0.1, 0.15) is 36.0 Å². The van der Waals surface area contributed by atoms with Crippen LogP contribution in [0.5, 0.6) is 0 Å². The highest BCUT2D eigenvalue weighted by Gasteiger charge is 2.13. The van der Waals surface area contributed by atoms with Crippen molar-refractivity contribution in [3.05, 3.63) is 34.9 Å². The Balaban J connectivity index is 2.76. The van der Waals surface area contributed by atoms with Crippen molar-refractivity contribution in [2.75, 3.05) is 13.1 Å². The lowest BCUT2D eigenvalue weighted by atomic mass is 9.87. The smallest absolute Gasteiger partial charge is 0.00366 e. The molecule has 1 unspecified atom stereocenters. The standard InChI is InChI=1S/C14H24N2/c1-10-4-5-14(11(2)6-10)12(3)7-13(8-15)9-16/h4-6,12-13H,7-9,15-16H2,1-3H3. The summed E-state index contributed by atoms with van der Waals surface area (Å²) in [6, 6.07) is 6.66. The first-order chi connectivity index (χ1) is 7.58. The minimum atomic E-state index is 0.440. The molecule has 0 radical (unpaired) electrons. The molecular formula is C14H24N2. The molecule has 1 aromatic rings. The highest BCUT2D eigenvalue weighted by Crippen LogP contribution is 2.26. The lowest BCUT2D eigenvalue weighted by Gasteiger charge is -2.20. The maximum absolute atomic E-state index is 5.69. The van der Waals surface area contributed by atoms with Crippen molar-refractivity contribution in [1.29, 1.82) is 0 Å². The number of benzene rings is 1. The molecule has 0 aliphatic carbocycles. The quantitative estimate of drug-likeness (QED) is 0.800. The zero-order chi connectivity index (χ0) is 12.1. The first kappa shape index (κ1) is 13.2. The van der Waals surface area contributed by atoms with Crippen LogP contribution in [0.3, 0.4) is 0 Å². The summed E-state index contributed by atoms with van der Waals surface area (Å²) in [6.45, 7) is 7.94. The van der Waals surface area contributed by atoms with Gasteiger partial charge in [0.05, 0.1) is 0 Å². The lowest BCUT2D eigenvalue weighted by molar-refractivity contribution is 0.464. The predicted molar refractivity (Wildman–Crippen MR) is 70.5 cm³/mol. The normalized spacial score (nSPS) is 13.1. The molecule has 1 atom stereocenters. The summed E-state index contributed by atoms with van der Waals surface area (Å²) in [5.41, 5.74) is 15.5. The van der Waals surface area contributed by atoms with Gasteiger partial charge in [-0.3, -0.25) is 0 Å². The summed E-state index contributed by atoms with van der Waals surface area (Å²) >= 11 is 0. The third kappa shape index (κ3) is 3.32. The van der Waals surface area contributed by atoms with E-state index in [0.717, 1.165) is 6.42 Å². The molecule has 2 heteroatoms. The summed E-state index contributed by atoms with van der Waals surface area (Å²) in [6.07, 6.45) is 1.08. The first-order valence-electron chi connectivity index (χ1n) is 6.05. The van der Waals surface area contributed by atoms with Crippen LogP contribution in [-0.4, -0.2) is 13.1 Å². The lowest BCUT2D eigenvalue weighted by Crippen LogP contribution is -2.24. The topological polar surface area (TPSA) is 52.0 Å². The number of hydrogen-bond donors (Lipinski definition) is 2. The van der Waals surface area contributed by atoms with Crippen molar-refractivity contribution < 1.29 is 0 Å². The number of hydrogen-bond acceptors (Lipinski definition) is 2. The van der Waals surface area contributed by atoms with Crippen LogP contribution in [0, 0.1) is 19.8 Å². The molecule has 0 fully saturated rings. The predicted octanol–water partition coefficient (Wildman–Crippen LogP) is 2.33. The van der Waals surface area contributed by atoms with E-state index in [9.17, 15) is 0 Å². The fourth-order valence-corrected chi connectivity index (χ4v) is 2.29. The number of aryl methyl sites for hydroxylation is 2. The summed E-state index contributed by atoms with van der Waals surface area (Å²) < 4.78 is 0. The van der Waals surface area contributed by atoms with Crippen LogP contribution < -0.4 is 11.5 Å². The Labute approximate surface area is 99.0 Å². The molecule has 0 saturated carbocycles. The monoisotopic (exact) mass is 220 g/mol. The van der Waals surface area contributed by atoms with Crippen molar-refractivity contribution >= 4 is 0 Å². The van der Waals surface area contributed by atoms with Gasteiger partial charge in [0.25, 0.3) is 0 Å². The van der Waals surface area contributed by atoms with E-state index in [1.54, 1.807) is 0 Å². The molecule has 0 spiro atoms. The van der Waals surface area contributed by atoms with Crippen molar-refractivity contribution in [2.24, 2.45) is 17.4 Å². The van der Waals surface area contributed by atoms with Gasteiger partial charge in [-0.1, -0.05) is 30.7 Å². The van der Waals surface area contributed by atoms with Crippen LogP contribution in [0.4, 0.5) is 0 Å². The Bertz CT molecular complexity index is 330. The van der Waals surface area contributed by atoms with Gasteiger partial charge in [-0.2, -0.15) is 0 Å². The zero-order valence-electron chi connectivity index (χ0n) is 10.7. The van der Waals surface area contributed by atoms with Gasteiger partial charge in [0.2, 0.25) is 0 Å². The van der Waals surface area contributed by atoms with E-state index in [2.05, 4.69) is 39.0 Å². The minimum Gasteiger partial charge on any atom is -0.330 e. The largest absolute Gasteiger partial charge is 0.330 e. The van der Waals surface area contributed by atoms with Gasteiger partial charge in [-0.05, 0) is 56.3 Å². The van der Waals surface area contributed by atoms with Crippen molar-refractivity contribution in [2.45, 2.75) is 33.1 Å². The molecule has 0 aliphatic rings. The van der Waals surface area contributed by atoms with Gasteiger partial charge in [0.1, 0.15) is 0 Å². The van der Waals surface area contributed by atoms with Gasteiger partial charge < -0.3 is 11.5 Å². The molecule has 0 aromatic heterocycles. The second-order valence-corrected chi connectivity index (χ2v) is 4.83. The summed E-state index contributed by atoms with van der Waals surface area (Å²) in [5, 5.41) is 0. The van der Waals surface area contributed by atoms with Crippen molar-refractivity contribution in [1.82, 2.24) is 0 Å². The van der Waals surface area contributed by atoms with E-state index in [0.29, 0.717) is 24.9 Å². The second-order valence-electron chi connectivity index (χ2n) is 4.83. The Kier molecular flexibility index (Phi) is 4.97. The average Bonchev–Trinajstić information content (AvgIpc) is 2.25. The number of rotatable bonds is 5. The van der Waals surface area contributed by atoms with Crippen LogP contribution in [0.15, 0.2) is 18.2 Å². The Morgan fingerprint density at radius 2 is 1.75 bits per heavy atom. The van der Waals surface area contributed by atoms with E-state index in [1.165, 1.54) is 16.7 Å². The molecule has 1 aromatic carbocycles. The van der Waals surface area contributed by atoms with Crippen molar-refractivity contribution in [3.63, 3.8) is 0 Å². The summed E-state index contributed by atoms with van der Waals surface area (Å²) in [4.78, 5) is 0. The molecular weight excluding hydrogens is 196 g/mol. The molecule has 0 bridgehead atoms. The Hall–Kier alpha value is -0.860. The van der Waals surface area contributed by atoms with Gasteiger partial charge in [-0.25, -0.2) is 0 Å². The summed E-state index contributed by atoms with van der Waals surface area (Å²) in [7, 11) is 0. The zero-order valence-corrected chi connectivity index (χ0v) is 10.7. The summed E-state index contributed by atoms with van der Waals surface area (Å²) in [5.74, 6) is 0.980. The third-order valence-electron chi connectivity index (χ3n) is 3.31. The minimum absolute atomic E-state index is 0.440. The van der Waals surface area contributed by atoms with Gasteiger partial charge >= 0.3 is 0 Å². The van der Waals surface area contributed by atoms with Crippen LogP contribution in [-0.2, 0) is 0 Å². The fraction of sp³-hybridized carbons (Fsp3) is 0.571. The van der Waals surface area contributed by atoms with E-state index in [-0.39, 0.29) is 0 Å². The molecule has 0 heterocycles. The van der Waals surface area contributed by atoms with Crippen LogP contribution in [0.25, 0.3) is 0 Å². The average molecular weight is 220 g/mol. The van der Waals surface area contributed by atoms with Crippen LogP contribution >= 0.6 is 0 Å². The molecule has 1 rings (SSSR count). The van der Waals surface area contributed by atoms with Crippen LogP contribution in [0.2, 0.25) is 0 Å². The maximum atomic E-state index is 5.69. The van der Waals surface area contributed by atoms with Crippen molar-refractivity contribution in [3.8, 4) is 0 Å². The number of nitrogens with two attached hydrogens (primary N) is 2. The highest BCUT2D eigenvalue weighted by molar-refractivity contribution is 5.32. The maximum Gasteiger partial charge on any atom is -0.00366 e. The van der Waals surface area contributed by atoms with E-state index in [4.69, 9.17) is 11.5 Å². The molecule has 4 N–H and O–H groups in total. The Morgan fingerprint density at radius 1 is 1.12 bits per heavy atom. The van der Waals surface area contributed by atoms with E-state index < -0.39 is 0 Å². The molecule has 0 aliphatic heterocycles.